The topological polar surface area (TPSA) is 26.3 Å². The average molecular weight is 272 g/mol. The van der Waals surface area contributed by atoms with Gasteiger partial charge in [0.25, 0.3) is 0 Å². The predicted molar refractivity (Wildman–Crippen MR) is 87.3 cm³/mol. The van der Waals surface area contributed by atoms with Crippen LogP contribution in [0.5, 0.6) is 0 Å². The van der Waals surface area contributed by atoms with Gasteiger partial charge in [0.05, 0.1) is 6.61 Å². The molecule has 1 aromatic carbocycles. The third-order valence-electron chi connectivity index (χ3n) is 2.59. The summed E-state index contributed by atoms with van der Waals surface area (Å²) < 4.78 is 4.74. The number of hydrogen-bond acceptors (Lipinski definition) is 2. The van der Waals surface area contributed by atoms with Crippen LogP contribution in [0.15, 0.2) is 50.1 Å². The molecule has 0 atom stereocenters. The van der Waals surface area contributed by atoms with Crippen molar-refractivity contribution in [1.29, 1.82) is 0 Å². The second-order valence-electron chi connectivity index (χ2n) is 4.12. The van der Waals surface area contributed by atoms with Crippen molar-refractivity contribution in [3.05, 3.63) is 61.2 Å². The summed E-state index contributed by atoms with van der Waals surface area (Å²) in [7, 11) is 0. The summed E-state index contributed by atoms with van der Waals surface area (Å²) >= 11 is 0. The highest BCUT2D eigenvalue weighted by atomic mass is 16.5. The second kappa shape index (κ2) is 12.0. The normalized spacial score (nSPS) is 8.85. The van der Waals surface area contributed by atoms with Crippen molar-refractivity contribution in [1.82, 2.24) is 0 Å². The average Bonchev–Trinajstić information content (AvgIpc) is 2.51. The molecule has 1 rings (SSSR count). The number of hydrogen-bond donors (Lipinski definition) is 0. The molecule has 0 radical (unpaired) electrons. The van der Waals surface area contributed by atoms with Gasteiger partial charge in [-0.2, -0.15) is 0 Å². The van der Waals surface area contributed by atoms with E-state index in [4.69, 9.17) is 4.74 Å². The molecule has 0 aromatic heterocycles. The van der Waals surface area contributed by atoms with Crippen molar-refractivity contribution in [3.63, 3.8) is 0 Å². The molecule has 2 nitrogen and oxygen atoms in total. The number of esters is 1. The van der Waals surface area contributed by atoms with Crippen LogP contribution in [0, 0.1) is 0 Å². The zero-order chi connectivity index (χ0) is 15.2. The molecule has 0 unspecified atom stereocenters. The predicted octanol–water partition coefficient (Wildman–Crippen LogP) is 4.88. The van der Waals surface area contributed by atoms with Crippen LogP contribution in [-0.4, -0.2) is 12.6 Å². The van der Waals surface area contributed by atoms with E-state index >= 15 is 0 Å². The first-order valence-corrected chi connectivity index (χ1v) is 6.82. The Morgan fingerprint density at radius 2 is 1.65 bits per heavy atom. The van der Waals surface area contributed by atoms with Gasteiger partial charge in [-0.1, -0.05) is 75.9 Å². The molecule has 0 aliphatic rings. The summed E-state index contributed by atoms with van der Waals surface area (Å²) in [6, 6.07) is 8.02. The minimum atomic E-state index is -0.323. The monoisotopic (exact) mass is 272 g/mol. The van der Waals surface area contributed by atoms with Gasteiger partial charge in [0.15, 0.2) is 0 Å². The Morgan fingerprint density at radius 1 is 1.10 bits per heavy atom. The van der Waals surface area contributed by atoms with Crippen molar-refractivity contribution in [2.24, 2.45) is 0 Å². The fourth-order valence-electron chi connectivity index (χ4n) is 1.47. The van der Waals surface area contributed by atoms with Gasteiger partial charge in [0.2, 0.25) is 0 Å². The Bertz CT molecular complexity index is 406. The molecule has 0 spiro atoms. The second-order valence-corrected chi connectivity index (χ2v) is 4.12. The molecule has 0 aliphatic heterocycles. The van der Waals surface area contributed by atoms with Gasteiger partial charge in [0.1, 0.15) is 0 Å². The molecule has 0 saturated heterocycles. The number of carbonyl (C=O) groups is 1. The first-order chi connectivity index (χ1) is 9.69. The van der Waals surface area contributed by atoms with Crippen LogP contribution < -0.4 is 0 Å². The molecule has 108 valence electrons. The SMILES string of the molecule is C=CC(=O)OCCCCC.C=Cc1ccccc1C=C. The number of unbranched alkanes of at least 4 members (excludes halogenated alkanes) is 2. The first-order valence-electron chi connectivity index (χ1n) is 6.82. The summed E-state index contributed by atoms with van der Waals surface area (Å²) in [5.74, 6) is -0.323. The molecule has 0 amide bonds. The first kappa shape index (κ1) is 17.9. The van der Waals surface area contributed by atoms with E-state index in [0.29, 0.717) is 6.61 Å². The Labute approximate surface area is 122 Å². The Morgan fingerprint density at radius 3 is 2.05 bits per heavy atom. The Kier molecular flexibility index (Phi) is 10.7. The molecule has 0 heterocycles. The molecule has 20 heavy (non-hydrogen) atoms. The maximum Gasteiger partial charge on any atom is 0.330 e. The van der Waals surface area contributed by atoms with E-state index in [1.165, 1.54) is 6.08 Å². The van der Waals surface area contributed by atoms with Crippen LogP contribution >= 0.6 is 0 Å². The van der Waals surface area contributed by atoms with Crippen LogP contribution in [0.2, 0.25) is 0 Å². The lowest BCUT2D eigenvalue weighted by atomic mass is 10.1. The molecule has 0 aliphatic carbocycles. The molecule has 0 bridgehead atoms. The summed E-state index contributed by atoms with van der Waals surface area (Å²) in [6.45, 7) is 13.3. The smallest absolute Gasteiger partial charge is 0.330 e. The molecular formula is C18H24O2. The zero-order valence-electron chi connectivity index (χ0n) is 12.3. The van der Waals surface area contributed by atoms with E-state index in [1.54, 1.807) is 0 Å². The number of rotatable bonds is 7. The lowest BCUT2D eigenvalue weighted by molar-refractivity contribution is -0.137. The van der Waals surface area contributed by atoms with Crippen molar-refractivity contribution < 1.29 is 9.53 Å². The van der Waals surface area contributed by atoms with Crippen LogP contribution in [0.25, 0.3) is 12.2 Å². The van der Waals surface area contributed by atoms with Gasteiger partial charge in [0, 0.05) is 6.08 Å². The third kappa shape index (κ3) is 8.09. The lowest BCUT2D eigenvalue weighted by Gasteiger charge is -1.98. The standard InChI is InChI=1S/C10H10.C8H14O2/c1-3-9-7-5-6-8-10(9)4-2;1-3-5-6-7-10-8(9)4-2/h3-8H,1-2H2;4H,2-3,5-7H2,1H3. The van der Waals surface area contributed by atoms with Gasteiger partial charge >= 0.3 is 5.97 Å². The summed E-state index contributed by atoms with van der Waals surface area (Å²) in [6.07, 6.45) is 8.06. The van der Waals surface area contributed by atoms with Gasteiger partial charge in [-0.15, -0.1) is 0 Å². The van der Waals surface area contributed by atoms with Crippen LogP contribution in [0.1, 0.15) is 37.3 Å². The molecule has 0 N–H and O–H groups in total. The highest BCUT2D eigenvalue weighted by Gasteiger charge is 1.92. The van der Waals surface area contributed by atoms with Crippen molar-refractivity contribution >= 4 is 18.1 Å². The van der Waals surface area contributed by atoms with E-state index in [1.807, 2.05) is 36.4 Å². The van der Waals surface area contributed by atoms with E-state index in [0.717, 1.165) is 30.4 Å². The summed E-state index contributed by atoms with van der Waals surface area (Å²) in [4.78, 5) is 10.4. The maximum absolute atomic E-state index is 10.4. The minimum absolute atomic E-state index is 0.323. The van der Waals surface area contributed by atoms with E-state index < -0.39 is 0 Å². The van der Waals surface area contributed by atoms with Crippen LogP contribution in [0.4, 0.5) is 0 Å². The molecule has 2 heteroatoms. The van der Waals surface area contributed by atoms with E-state index in [2.05, 4.69) is 26.7 Å². The largest absolute Gasteiger partial charge is 0.463 e. The van der Waals surface area contributed by atoms with Gasteiger partial charge in [-0.3, -0.25) is 0 Å². The lowest BCUT2D eigenvalue weighted by Crippen LogP contribution is -2.01. The quantitative estimate of drug-likeness (QED) is 0.402. The van der Waals surface area contributed by atoms with E-state index in [9.17, 15) is 4.79 Å². The fraction of sp³-hybridized carbons (Fsp3) is 0.278. The van der Waals surface area contributed by atoms with Gasteiger partial charge < -0.3 is 4.74 Å². The summed E-state index contributed by atoms with van der Waals surface area (Å²) in [5.41, 5.74) is 2.27. The molecule has 0 saturated carbocycles. The molecule has 1 aromatic rings. The van der Waals surface area contributed by atoms with Crippen molar-refractivity contribution in [2.75, 3.05) is 6.61 Å². The Hall–Kier alpha value is -2.09. The molecule has 0 fully saturated rings. The third-order valence-corrected chi connectivity index (χ3v) is 2.59. The highest BCUT2D eigenvalue weighted by Crippen LogP contribution is 2.10. The fourth-order valence-corrected chi connectivity index (χ4v) is 1.47. The maximum atomic E-state index is 10.4. The van der Waals surface area contributed by atoms with Gasteiger partial charge in [-0.25, -0.2) is 4.79 Å². The van der Waals surface area contributed by atoms with E-state index in [-0.39, 0.29) is 5.97 Å². The highest BCUT2D eigenvalue weighted by molar-refractivity contribution is 5.81. The van der Waals surface area contributed by atoms with Crippen LogP contribution in [0.3, 0.4) is 0 Å². The minimum Gasteiger partial charge on any atom is -0.463 e. The number of carbonyl (C=O) groups excluding carboxylic acids is 1. The zero-order valence-corrected chi connectivity index (χ0v) is 12.3. The summed E-state index contributed by atoms with van der Waals surface area (Å²) in [5, 5.41) is 0. The van der Waals surface area contributed by atoms with Gasteiger partial charge in [-0.05, 0) is 17.5 Å². The van der Waals surface area contributed by atoms with Crippen LogP contribution in [-0.2, 0) is 9.53 Å². The van der Waals surface area contributed by atoms with Crippen molar-refractivity contribution in [3.8, 4) is 0 Å². The molecular weight excluding hydrogens is 248 g/mol. The Balaban J connectivity index is 0.000000361. The number of benzene rings is 1. The van der Waals surface area contributed by atoms with Crippen molar-refractivity contribution in [2.45, 2.75) is 26.2 Å². The number of ether oxygens (including phenoxy) is 1.